The molecular formula is C26H33N5O22P4. The summed E-state index contributed by atoms with van der Waals surface area (Å²) in [5, 5.41) is 20.6. The first kappa shape index (κ1) is 43.5. The summed E-state index contributed by atoms with van der Waals surface area (Å²) in [4.78, 5) is 81.9. The van der Waals surface area contributed by atoms with Crippen molar-refractivity contribution in [1.82, 2.24) is 19.1 Å². The molecule has 0 amide bonds. The van der Waals surface area contributed by atoms with Gasteiger partial charge in [-0.05, 0) is 11.6 Å². The Kier molecular flexibility index (Phi) is 12.9. The summed E-state index contributed by atoms with van der Waals surface area (Å²) in [7, 11) is -24.0. The first-order valence-electron chi connectivity index (χ1n) is 16.0. The summed E-state index contributed by atoms with van der Waals surface area (Å²) in [5.74, 6) is -0.178. The number of nitrogens with zero attached hydrogens (tertiary/aromatic N) is 3. The SMILES string of the molecule is Nc1ccn([C@@H]2O[C@H](COP(=O)(O)OP(=O)(O)OP(=O)(O)OP(=O)(O)OC[C@@H]3O[C@H](n4ccc(=O)[nH]c4=O)[C@H]4OC(Cc5ccccc5)O[C@H]43)[C@@H](O)[C@H]2O)c(=O)n1. The zero-order chi connectivity index (χ0) is 41.5. The van der Waals surface area contributed by atoms with Crippen LogP contribution < -0.4 is 22.7 Å². The Morgan fingerprint density at radius 3 is 1.88 bits per heavy atom. The molecule has 0 radical (unpaired) electrons. The Morgan fingerprint density at radius 2 is 1.26 bits per heavy atom. The number of nitrogens with one attached hydrogen (secondary N) is 1. The van der Waals surface area contributed by atoms with Crippen molar-refractivity contribution in [3.8, 4) is 0 Å². The van der Waals surface area contributed by atoms with Crippen LogP contribution in [0.3, 0.4) is 0 Å². The molecule has 27 nitrogen and oxygen atoms in total. The number of benzene rings is 1. The van der Waals surface area contributed by atoms with Crippen LogP contribution in [0.15, 0.2) is 69.2 Å². The Labute approximate surface area is 317 Å². The smallest absolute Gasteiger partial charge is 0.387 e. The van der Waals surface area contributed by atoms with Gasteiger partial charge in [-0.3, -0.25) is 28.0 Å². The van der Waals surface area contributed by atoms with E-state index in [0.29, 0.717) is 0 Å². The van der Waals surface area contributed by atoms with E-state index in [0.717, 1.165) is 39.2 Å². The molecule has 9 N–H and O–H groups in total. The van der Waals surface area contributed by atoms with Gasteiger partial charge in [0.25, 0.3) is 5.56 Å². The van der Waals surface area contributed by atoms with Gasteiger partial charge in [0.1, 0.15) is 42.4 Å². The average Bonchev–Trinajstić information content (AvgIpc) is 3.73. The Hall–Kier alpha value is -3.10. The summed E-state index contributed by atoms with van der Waals surface area (Å²) in [6, 6.07) is 11.1. The molecule has 3 fully saturated rings. The van der Waals surface area contributed by atoms with Crippen molar-refractivity contribution < 1.29 is 89.0 Å². The number of anilines is 1. The largest absolute Gasteiger partial charge is 0.490 e. The van der Waals surface area contributed by atoms with Gasteiger partial charge in [0, 0.05) is 24.9 Å². The molecular weight excluding hydrogens is 858 g/mol. The predicted octanol–water partition coefficient (Wildman–Crippen LogP) is -1.27. The Balaban J connectivity index is 1.05. The predicted molar refractivity (Wildman–Crippen MR) is 182 cm³/mol. The number of aliphatic hydroxyl groups excluding tert-OH is 2. The van der Waals surface area contributed by atoms with Crippen LogP contribution in [0.25, 0.3) is 0 Å². The molecule has 31 heteroatoms. The summed E-state index contributed by atoms with van der Waals surface area (Å²) < 4.78 is 95.8. The van der Waals surface area contributed by atoms with Gasteiger partial charge in [0.05, 0.1) is 13.2 Å². The first-order valence-corrected chi connectivity index (χ1v) is 22.0. The van der Waals surface area contributed by atoms with Crippen LogP contribution in [0.2, 0.25) is 0 Å². The molecule has 3 saturated heterocycles. The summed E-state index contributed by atoms with van der Waals surface area (Å²) in [5.41, 5.74) is 3.56. The van der Waals surface area contributed by atoms with Crippen molar-refractivity contribution in [1.29, 1.82) is 0 Å². The number of hydrogen-bond donors (Lipinski definition) is 8. The number of nitrogens with two attached hydrogens (primary N) is 1. The second-order valence-electron chi connectivity index (χ2n) is 12.2. The molecule has 57 heavy (non-hydrogen) atoms. The Morgan fingerprint density at radius 1 is 0.702 bits per heavy atom. The minimum absolute atomic E-state index is 0.178. The molecule has 13 atom stereocenters. The number of aromatic nitrogens is 4. The zero-order valence-electron chi connectivity index (χ0n) is 28.4. The minimum Gasteiger partial charge on any atom is -0.387 e. The van der Waals surface area contributed by atoms with Crippen LogP contribution in [0.5, 0.6) is 0 Å². The van der Waals surface area contributed by atoms with Gasteiger partial charge in [0.2, 0.25) is 0 Å². The first-order chi connectivity index (χ1) is 26.6. The molecule has 1 aromatic carbocycles. The van der Waals surface area contributed by atoms with Crippen molar-refractivity contribution in [2.45, 2.75) is 61.8 Å². The second-order valence-corrected chi connectivity index (χ2v) is 18.4. The lowest BCUT2D eigenvalue weighted by Gasteiger charge is -2.23. The molecule has 0 saturated carbocycles. The maximum atomic E-state index is 12.7. The lowest BCUT2D eigenvalue weighted by molar-refractivity contribution is -0.150. The van der Waals surface area contributed by atoms with Crippen LogP contribution in [0.4, 0.5) is 5.82 Å². The topological polar surface area (TPSA) is 388 Å². The molecule has 3 aliphatic rings. The van der Waals surface area contributed by atoms with Gasteiger partial charge < -0.3 is 54.5 Å². The standard InChI is InChI=1S/C26H33N5O22P4/c27-16-6-8-30(25(35)28-16)23-20(34)19(33)14(47-23)11-45-54(37,38)51-56(41,42)53-57(43,44)52-55(39,40)46-12-15-21-22(24(48-15)31-9-7-17(32)29-26(31)36)50-18(49-21)10-13-4-2-1-3-5-13/h1-9,14-15,18-24,33-34H,10-12H2,(H,37,38)(H,39,40)(H,41,42)(H,43,44)(H2,27,28,35)(H,29,32,36)/t14-,15+,18?,19-,20-,21+,22+,23-,24+/m1/s1. The highest BCUT2D eigenvalue weighted by molar-refractivity contribution is 7.69. The monoisotopic (exact) mass is 891 g/mol. The molecule has 314 valence electrons. The number of fused-ring (bicyclic) bond motifs is 1. The molecule has 2 aromatic heterocycles. The van der Waals surface area contributed by atoms with Crippen molar-refractivity contribution in [2.24, 2.45) is 0 Å². The summed E-state index contributed by atoms with van der Waals surface area (Å²) >= 11 is 0. The number of nitrogen functional groups attached to an aromatic ring is 1. The van der Waals surface area contributed by atoms with Gasteiger partial charge >= 0.3 is 42.7 Å². The molecule has 3 aromatic rings. The third-order valence-electron chi connectivity index (χ3n) is 8.16. The van der Waals surface area contributed by atoms with E-state index in [1.807, 2.05) is 4.98 Å². The maximum absolute atomic E-state index is 12.7. The highest BCUT2D eigenvalue weighted by Crippen LogP contribution is 2.71. The maximum Gasteiger partial charge on any atom is 0.490 e. The number of aliphatic hydroxyl groups is 2. The van der Waals surface area contributed by atoms with E-state index in [2.05, 4.69) is 22.4 Å². The van der Waals surface area contributed by atoms with Gasteiger partial charge in [-0.2, -0.15) is 17.9 Å². The lowest BCUT2D eigenvalue weighted by atomic mass is 10.1. The molecule has 0 aliphatic carbocycles. The molecule has 5 unspecified atom stereocenters. The van der Waals surface area contributed by atoms with Crippen molar-refractivity contribution in [3.05, 3.63) is 91.7 Å². The molecule has 0 bridgehead atoms. The van der Waals surface area contributed by atoms with Crippen LogP contribution in [0.1, 0.15) is 18.0 Å². The third-order valence-corrected chi connectivity index (χ3v) is 14.1. The number of ether oxygens (including phenoxy) is 4. The third kappa shape index (κ3) is 10.8. The van der Waals surface area contributed by atoms with E-state index in [9.17, 15) is 62.4 Å². The van der Waals surface area contributed by atoms with Gasteiger partial charge in [0.15, 0.2) is 18.7 Å². The highest BCUT2D eigenvalue weighted by Gasteiger charge is 2.55. The van der Waals surface area contributed by atoms with Crippen LogP contribution in [-0.4, -0.2) is 105 Å². The number of H-pyrrole nitrogens is 1. The number of phosphoric acid groups is 4. The fourth-order valence-corrected chi connectivity index (χ4v) is 10.8. The van der Waals surface area contributed by atoms with Gasteiger partial charge in [-0.25, -0.2) is 27.8 Å². The van der Waals surface area contributed by atoms with Crippen molar-refractivity contribution in [3.63, 3.8) is 0 Å². The van der Waals surface area contributed by atoms with E-state index >= 15 is 0 Å². The number of aromatic amines is 1. The highest BCUT2D eigenvalue weighted by atomic mass is 31.3. The van der Waals surface area contributed by atoms with E-state index < -0.39 is 117 Å². The molecule has 0 spiro atoms. The van der Waals surface area contributed by atoms with E-state index in [1.54, 1.807) is 30.3 Å². The van der Waals surface area contributed by atoms with Crippen LogP contribution in [0, 0.1) is 0 Å². The van der Waals surface area contributed by atoms with Crippen molar-refractivity contribution in [2.75, 3.05) is 18.9 Å². The van der Waals surface area contributed by atoms with Crippen LogP contribution in [-0.2, 0) is 65.6 Å². The van der Waals surface area contributed by atoms with Crippen molar-refractivity contribution >= 4 is 37.1 Å². The number of phosphoric ester groups is 2. The normalized spacial score (nSPS) is 31.5. The summed E-state index contributed by atoms with van der Waals surface area (Å²) in [6.45, 7) is -2.15. The second kappa shape index (κ2) is 16.9. The Bertz CT molecular complexity index is 2310. The minimum atomic E-state index is -6.22. The fourth-order valence-electron chi connectivity index (χ4n) is 5.81. The summed E-state index contributed by atoms with van der Waals surface area (Å²) in [6.07, 6.45) is -10.4. The quantitative estimate of drug-likeness (QED) is 0.0777. The number of rotatable bonds is 16. The van der Waals surface area contributed by atoms with E-state index in [1.165, 1.54) is 0 Å². The molecule has 6 rings (SSSR count). The zero-order valence-corrected chi connectivity index (χ0v) is 32.0. The van der Waals surface area contributed by atoms with E-state index in [4.69, 9.17) is 29.2 Å². The lowest BCUT2D eigenvalue weighted by Crippen LogP contribution is -2.36. The fraction of sp³-hybridized carbons (Fsp3) is 0.462. The van der Waals surface area contributed by atoms with Gasteiger partial charge in [-0.1, -0.05) is 30.3 Å². The molecule has 5 heterocycles. The number of hydrogen-bond acceptors (Lipinski definition) is 20. The van der Waals surface area contributed by atoms with Crippen LogP contribution >= 0.6 is 31.3 Å². The van der Waals surface area contributed by atoms with Gasteiger partial charge in [-0.15, -0.1) is 0 Å². The molecule has 3 aliphatic heterocycles. The van der Waals surface area contributed by atoms with E-state index in [-0.39, 0.29) is 12.2 Å². The average molecular weight is 891 g/mol.